The summed E-state index contributed by atoms with van der Waals surface area (Å²) < 4.78 is 14.5. The van der Waals surface area contributed by atoms with Crippen LogP contribution in [0.3, 0.4) is 0 Å². The van der Waals surface area contributed by atoms with Crippen LogP contribution in [0, 0.1) is 5.82 Å². The molecule has 132 valence electrons. The van der Waals surface area contributed by atoms with Crippen molar-refractivity contribution in [2.75, 3.05) is 0 Å². The first kappa shape index (κ1) is 17.4. The molecule has 0 bridgehead atoms. The van der Waals surface area contributed by atoms with Gasteiger partial charge in [0.15, 0.2) is 0 Å². The summed E-state index contributed by atoms with van der Waals surface area (Å²) in [6, 6.07) is 16.3. The van der Waals surface area contributed by atoms with Gasteiger partial charge < -0.3 is 10.8 Å². The third-order valence-corrected chi connectivity index (χ3v) is 4.11. The fraction of sp³-hybridized carbons (Fsp3) is 0.100. The van der Waals surface area contributed by atoms with E-state index in [4.69, 9.17) is 5.73 Å². The molecule has 0 fully saturated rings. The van der Waals surface area contributed by atoms with Crippen LogP contribution in [-0.4, -0.2) is 15.6 Å². The topological polar surface area (TPSA) is 85.3 Å². The molecule has 0 atom stereocenters. The first-order valence-electron chi connectivity index (χ1n) is 8.05. The first-order chi connectivity index (χ1) is 12.5. The number of aryl methyl sites for hydroxylation is 2. The number of nitrogens with zero attached hydrogens (tertiary/aromatic N) is 1. The van der Waals surface area contributed by atoms with E-state index >= 15 is 0 Å². The summed E-state index contributed by atoms with van der Waals surface area (Å²) in [4.78, 5) is 24.3. The Kier molecular flexibility index (Phi) is 4.84. The summed E-state index contributed by atoms with van der Waals surface area (Å²) in [6.45, 7) is 0. The van der Waals surface area contributed by atoms with E-state index in [1.54, 1.807) is 0 Å². The van der Waals surface area contributed by atoms with Gasteiger partial charge in [0.25, 0.3) is 11.5 Å². The number of nitrogens with two attached hydrogens (primary N) is 1. The Morgan fingerprint density at radius 1 is 1.04 bits per heavy atom. The maximum atomic E-state index is 13.2. The molecule has 0 unspecified atom stereocenters. The zero-order valence-electron chi connectivity index (χ0n) is 13.9. The Balaban J connectivity index is 2.11. The van der Waals surface area contributed by atoms with E-state index in [0.29, 0.717) is 24.2 Å². The lowest BCUT2D eigenvalue weighted by Crippen LogP contribution is -2.31. The maximum absolute atomic E-state index is 13.2. The normalized spacial score (nSPS) is 10.7. The molecular formula is C20H17FN2O3. The number of carbonyl (C=O) groups is 1. The Morgan fingerprint density at radius 2 is 1.69 bits per heavy atom. The van der Waals surface area contributed by atoms with Gasteiger partial charge in [0.1, 0.15) is 17.1 Å². The molecule has 0 saturated heterocycles. The molecule has 5 nitrogen and oxygen atoms in total. The van der Waals surface area contributed by atoms with Crippen LogP contribution in [0.2, 0.25) is 0 Å². The highest BCUT2D eigenvalue weighted by molar-refractivity contribution is 5.95. The molecule has 0 spiro atoms. The molecule has 0 aliphatic carbocycles. The maximum Gasteiger partial charge on any atom is 0.271 e. The summed E-state index contributed by atoms with van der Waals surface area (Å²) in [5, 5.41) is 10.1. The second-order valence-corrected chi connectivity index (χ2v) is 5.86. The van der Waals surface area contributed by atoms with Gasteiger partial charge in [-0.05, 0) is 42.7 Å². The quantitative estimate of drug-likeness (QED) is 0.740. The largest absolute Gasteiger partial charge is 0.507 e. The number of amides is 1. The lowest BCUT2D eigenvalue weighted by Gasteiger charge is -2.15. The standard InChI is InChI=1S/C20H17FN2O3/c21-14-7-10-15(11-8-14)23-16(9-6-13-4-2-1-3-5-13)12-17(24)18(19(22)25)20(23)26/h1-5,7-8,10-12,24H,6,9H2,(H2,22,25). The minimum atomic E-state index is -1.02. The lowest BCUT2D eigenvalue weighted by atomic mass is 10.1. The lowest BCUT2D eigenvalue weighted by molar-refractivity contribution is 0.0996. The molecule has 1 aromatic heterocycles. The monoisotopic (exact) mass is 352 g/mol. The highest BCUT2D eigenvalue weighted by Crippen LogP contribution is 2.20. The summed E-state index contributed by atoms with van der Waals surface area (Å²) in [6.07, 6.45) is 1.06. The molecule has 0 radical (unpaired) electrons. The molecule has 0 aliphatic heterocycles. The zero-order chi connectivity index (χ0) is 18.7. The van der Waals surface area contributed by atoms with E-state index in [-0.39, 0.29) is 0 Å². The predicted molar refractivity (Wildman–Crippen MR) is 96.0 cm³/mol. The Morgan fingerprint density at radius 3 is 2.31 bits per heavy atom. The van der Waals surface area contributed by atoms with Crippen LogP contribution in [-0.2, 0) is 12.8 Å². The molecular weight excluding hydrogens is 335 g/mol. The smallest absolute Gasteiger partial charge is 0.271 e. The molecule has 2 aromatic carbocycles. The Bertz CT molecular complexity index is 996. The fourth-order valence-corrected chi connectivity index (χ4v) is 2.85. The number of aromatic hydroxyl groups is 1. The highest BCUT2D eigenvalue weighted by Gasteiger charge is 2.19. The van der Waals surface area contributed by atoms with Crippen molar-refractivity contribution in [1.29, 1.82) is 0 Å². The van der Waals surface area contributed by atoms with Crippen LogP contribution in [0.25, 0.3) is 5.69 Å². The summed E-state index contributed by atoms with van der Waals surface area (Å²) >= 11 is 0. The molecule has 0 aliphatic rings. The summed E-state index contributed by atoms with van der Waals surface area (Å²) in [5.74, 6) is -1.91. The number of aromatic nitrogens is 1. The SMILES string of the molecule is NC(=O)c1c(O)cc(CCc2ccccc2)n(-c2ccc(F)cc2)c1=O. The number of carbonyl (C=O) groups excluding carboxylic acids is 1. The van der Waals surface area contributed by atoms with E-state index in [1.807, 2.05) is 30.3 Å². The second-order valence-electron chi connectivity index (χ2n) is 5.86. The van der Waals surface area contributed by atoms with Crippen LogP contribution in [0.4, 0.5) is 4.39 Å². The number of pyridine rings is 1. The molecule has 3 aromatic rings. The third kappa shape index (κ3) is 3.49. The van der Waals surface area contributed by atoms with Crippen molar-refractivity contribution < 1.29 is 14.3 Å². The number of benzene rings is 2. The molecule has 0 saturated carbocycles. The van der Waals surface area contributed by atoms with Gasteiger partial charge in [-0.15, -0.1) is 0 Å². The molecule has 6 heteroatoms. The number of rotatable bonds is 5. The van der Waals surface area contributed by atoms with E-state index in [0.717, 1.165) is 5.56 Å². The number of halogens is 1. The molecule has 26 heavy (non-hydrogen) atoms. The third-order valence-electron chi connectivity index (χ3n) is 4.11. The Labute approximate surface area is 149 Å². The van der Waals surface area contributed by atoms with Crippen molar-refractivity contribution in [3.63, 3.8) is 0 Å². The van der Waals surface area contributed by atoms with E-state index < -0.39 is 28.6 Å². The predicted octanol–water partition coefficient (Wildman–Crippen LogP) is 2.57. The molecule has 3 rings (SSSR count). The summed E-state index contributed by atoms with van der Waals surface area (Å²) in [5.41, 5.74) is 5.96. The van der Waals surface area contributed by atoms with Gasteiger partial charge in [0, 0.05) is 17.4 Å². The highest BCUT2D eigenvalue weighted by atomic mass is 19.1. The van der Waals surface area contributed by atoms with Crippen LogP contribution < -0.4 is 11.3 Å². The molecule has 3 N–H and O–H groups in total. The number of hydrogen-bond acceptors (Lipinski definition) is 3. The van der Waals surface area contributed by atoms with E-state index in [9.17, 15) is 19.1 Å². The number of hydrogen-bond donors (Lipinski definition) is 2. The average molecular weight is 352 g/mol. The van der Waals surface area contributed by atoms with E-state index in [1.165, 1.54) is 34.9 Å². The minimum absolute atomic E-state index is 0.391. The van der Waals surface area contributed by atoms with Gasteiger partial charge in [0.05, 0.1) is 0 Å². The van der Waals surface area contributed by atoms with Gasteiger partial charge in [-0.1, -0.05) is 30.3 Å². The Hall–Kier alpha value is -3.41. The average Bonchev–Trinajstić information content (AvgIpc) is 2.61. The minimum Gasteiger partial charge on any atom is -0.507 e. The van der Waals surface area contributed by atoms with Crippen molar-refractivity contribution in [2.45, 2.75) is 12.8 Å². The van der Waals surface area contributed by atoms with Gasteiger partial charge in [0.2, 0.25) is 0 Å². The van der Waals surface area contributed by atoms with E-state index in [2.05, 4.69) is 0 Å². The van der Waals surface area contributed by atoms with Crippen molar-refractivity contribution in [1.82, 2.24) is 4.57 Å². The van der Waals surface area contributed by atoms with Gasteiger partial charge in [-0.25, -0.2) is 4.39 Å². The van der Waals surface area contributed by atoms with Crippen molar-refractivity contribution in [2.24, 2.45) is 5.73 Å². The zero-order valence-corrected chi connectivity index (χ0v) is 13.9. The van der Waals surface area contributed by atoms with Crippen LogP contribution in [0.1, 0.15) is 21.6 Å². The fourth-order valence-electron chi connectivity index (χ4n) is 2.85. The van der Waals surface area contributed by atoms with Crippen LogP contribution >= 0.6 is 0 Å². The summed E-state index contributed by atoms with van der Waals surface area (Å²) in [7, 11) is 0. The van der Waals surface area contributed by atoms with Gasteiger partial charge in [-0.3, -0.25) is 14.2 Å². The second kappa shape index (κ2) is 7.23. The van der Waals surface area contributed by atoms with Gasteiger partial charge >= 0.3 is 0 Å². The van der Waals surface area contributed by atoms with Crippen molar-refractivity contribution in [3.8, 4) is 11.4 Å². The van der Waals surface area contributed by atoms with Crippen molar-refractivity contribution >= 4 is 5.91 Å². The molecule has 1 heterocycles. The first-order valence-corrected chi connectivity index (χ1v) is 8.05. The van der Waals surface area contributed by atoms with Crippen LogP contribution in [0.15, 0.2) is 65.5 Å². The van der Waals surface area contributed by atoms with Crippen molar-refractivity contribution in [3.05, 3.63) is 93.7 Å². The number of primary amides is 1. The van der Waals surface area contributed by atoms with Crippen LogP contribution in [0.5, 0.6) is 5.75 Å². The molecule has 1 amide bonds. The van der Waals surface area contributed by atoms with Gasteiger partial charge in [-0.2, -0.15) is 0 Å².